The molecule has 0 radical (unpaired) electrons. The average Bonchev–Trinajstić information content (AvgIpc) is 3.21. The molecule has 3 heteroatoms. The Hall–Kier alpha value is -1.61. The summed E-state index contributed by atoms with van der Waals surface area (Å²) in [5, 5.41) is 0. The SMILES string of the molecule is Cc1ccc([C@@]23OCCCN2C(=O)[C@@H]2[C@H]3[C@@H]3C=C[C@H]2C3)cc1. The fourth-order valence-corrected chi connectivity index (χ4v) is 5.34. The van der Waals surface area contributed by atoms with Gasteiger partial charge in [0.2, 0.25) is 5.91 Å². The Morgan fingerprint density at radius 3 is 2.77 bits per heavy atom. The Morgan fingerprint density at radius 2 is 1.95 bits per heavy atom. The van der Waals surface area contributed by atoms with E-state index < -0.39 is 5.72 Å². The van der Waals surface area contributed by atoms with Crippen LogP contribution in [0.4, 0.5) is 0 Å². The summed E-state index contributed by atoms with van der Waals surface area (Å²) in [7, 11) is 0. The molecule has 2 saturated heterocycles. The molecule has 2 aliphatic carbocycles. The first kappa shape index (κ1) is 12.9. The first-order chi connectivity index (χ1) is 10.7. The van der Waals surface area contributed by atoms with E-state index in [1.54, 1.807) is 0 Å². The number of nitrogens with zero attached hydrogens (tertiary/aromatic N) is 1. The van der Waals surface area contributed by atoms with Crippen molar-refractivity contribution in [3.8, 4) is 0 Å². The van der Waals surface area contributed by atoms with Crippen molar-refractivity contribution in [2.24, 2.45) is 23.7 Å². The highest BCUT2D eigenvalue weighted by molar-refractivity contribution is 5.85. The van der Waals surface area contributed by atoms with Crippen LogP contribution in [-0.4, -0.2) is 24.0 Å². The zero-order chi connectivity index (χ0) is 14.9. The summed E-state index contributed by atoms with van der Waals surface area (Å²) in [5.41, 5.74) is 1.90. The molecule has 1 aromatic carbocycles. The summed E-state index contributed by atoms with van der Waals surface area (Å²) < 4.78 is 6.42. The van der Waals surface area contributed by atoms with Gasteiger partial charge < -0.3 is 9.64 Å². The Labute approximate surface area is 130 Å². The summed E-state index contributed by atoms with van der Waals surface area (Å²) >= 11 is 0. The van der Waals surface area contributed by atoms with Gasteiger partial charge in [0.25, 0.3) is 0 Å². The van der Waals surface area contributed by atoms with Crippen LogP contribution < -0.4 is 0 Å². The zero-order valence-electron chi connectivity index (χ0n) is 12.9. The van der Waals surface area contributed by atoms with Gasteiger partial charge in [0.15, 0.2) is 5.72 Å². The second-order valence-corrected chi connectivity index (χ2v) is 7.25. The number of benzene rings is 1. The number of allylic oxidation sites excluding steroid dienone is 2. The third-order valence-corrected chi connectivity index (χ3v) is 6.18. The molecule has 0 unspecified atom stereocenters. The molecule has 2 bridgehead atoms. The molecule has 2 aliphatic heterocycles. The molecule has 1 amide bonds. The molecule has 1 saturated carbocycles. The molecule has 5 atom stereocenters. The van der Waals surface area contributed by atoms with Crippen LogP contribution in [0.1, 0.15) is 24.0 Å². The number of ether oxygens (including phenoxy) is 1. The van der Waals surface area contributed by atoms with Gasteiger partial charge in [-0.05, 0) is 31.6 Å². The summed E-state index contributed by atoms with van der Waals surface area (Å²) in [5.74, 6) is 1.66. The van der Waals surface area contributed by atoms with Crippen molar-refractivity contribution in [2.75, 3.05) is 13.2 Å². The lowest BCUT2D eigenvalue weighted by Gasteiger charge is -2.46. The van der Waals surface area contributed by atoms with Crippen LogP contribution in [0, 0.1) is 30.6 Å². The maximum Gasteiger partial charge on any atom is 0.229 e. The summed E-state index contributed by atoms with van der Waals surface area (Å²) in [6, 6.07) is 8.61. The van der Waals surface area contributed by atoms with E-state index in [1.807, 2.05) is 0 Å². The molecule has 5 rings (SSSR count). The summed E-state index contributed by atoms with van der Waals surface area (Å²) in [4.78, 5) is 15.1. The predicted octanol–water partition coefficient (Wildman–Crippen LogP) is 2.85. The van der Waals surface area contributed by atoms with E-state index in [-0.39, 0.29) is 11.8 Å². The molecule has 3 fully saturated rings. The van der Waals surface area contributed by atoms with E-state index >= 15 is 0 Å². The second kappa shape index (κ2) is 4.23. The average molecular weight is 295 g/mol. The highest BCUT2D eigenvalue weighted by Gasteiger charge is 2.68. The Kier molecular flexibility index (Phi) is 2.48. The lowest BCUT2D eigenvalue weighted by atomic mass is 9.76. The van der Waals surface area contributed by atoms with Crippen LogP contribution in [0.15, 0.2) is 36.4 Å². The molecule has 22 heavy (non-hydrogen) atoms. The number of aryl methyl sites for hydroxylation is 1. The summed E-state index contributed by atoms with van der Waals surface area (Å²) in [6.07, 6.45) is 6.68. The maximum absolute atomic E-state index is 13.1. The van der Waals surface area contributed by atoms with Crippen LogP contribution in [-0.2, 0) is 15.3 Å². The second-order valence-electron chi connectivity index (χ2n) is 7.25. The maximum atomic E-state index is 13.1. The van der Waals surface area contributed by atoms with Crippen molar-refractivity contribution in [2.45, 2.75) is 25.5 Å². The number of carbonyl (C=O) groups excluding carboxylic acids is 1. The molecule has 3 nitrogen and oxygen atoms in total. The predicted molar refractivity (Wildman–Crippen MR) is 82.9 cm³/mol. The van der Waals surface area contributed by atoms with E-state index in [0.29, 0.717) is 17.7 Å². The molecule has 0 N–H and O–H groups in total. The number of hydrogen-bond acceptors (Lipinski definition) is 2. The number of rotatable bonds is 1. The van der Waals surface area contributed by atoms with Crippen LogP contribution in [0.2, 0.25) is 0 Å². The van der Waals surface area contributed by atoms with Gasteiger partial charge in [0.05, 0.1) is 12.5 Å². The standard InChI is InChI=1S/C19H21NO2/c1-12-3-7-15(8-4-12)19-17-14-6-5-13(11-14)16(17)18(21)20(19)9-2-10-22-19/h3-8,13-14,16-17H,2,9-11H2,1H3/t13-,14+,16-,17+,19-/m0/s1. The molecule has 0 aromatic heterocycles. The lowest BCUT2D eigenvalue weighted by molar-refractivity contribution is -0.204. The van der Waals surface area contributed by atoms with Gasteiger partial charge in [-0.3, -0.25) is 4.79 Å². The van der Waals surface area contributed by atoms with Gasteiger partial charge >= 0.3 is 0 Å². The van der Waals surface area contributed by atoms with Gasteiger partial charge in [0.1, 0.15) is 0 Å². The number of amides is 1. The normalized spacial score (nSPS) is 41.9. The van der Waals surface area contributed by atoms with Crippen LogP contribution >= 0.6 is 0 Å². The smallest absolute Gasteiger partial charge is 0.229 e. The third kappa shape index (κ3) is 1.38. The van der Waals surface area contributed by atoms with Crippen molar-refractivity contribution in [3.05, 3.63) is 47.5 Å². The highest BCUT2D eigenvalue weighted by atomic mass is 16.5. The first-order valence-corrected chi connectivity index (χ1v) is 8.43. The molecule has 1 aromatic rings. The molecule has 2 heterocycles. The van der Waals surface area contributed by atoms with Crippen LogP contribution in [0.25, 0.3) is 0 Å². The fourth-order valence-electron chi connectivity index (χ4n) is 5.34. The van der Waals surface area contributed by atoms with Crippen molar-refractivity contribution in [3.63, 3.8) is 0 Å². The minimum atomic E-state index is -0.516. The Balaban J connectivity index is 1.70. The molecule has 114 valence electrons. The van der Waals surface area contributed by atoms with Gasteiger partial charge in [-0.25, -0.2) is 0 Å². The van der Waals surface area contributed by atoms with Gasteiger partial charge in [-0.2, -0.15) is 0 Å². The summed E-state index contributed by atoms with van der Waals surface area (Å²) in [6.45, 7) is 3.69. The highest BCUT2D eigenvalue weighted by Crippen LogP contribution is 2.62. The molecular formula is C19H21NO2. The fraction of sp³-hybridized carbons (Fsp3) is 0.526. The van der Waals surface area contributed by atoms with E-state index in [9.17, 15) is 4.79 Å². The number of carbonyl (C=O) groups is 1. The number of fused-ring (bicyclic) bond motifs is 7. The van der Waals surface area contributed by atoms with Gasteiger partial charge in [-0.15, -0.1) is 0 Å². The minimum Gasteiger partial charge on any atom is -0.351 e. The van der Waals surface area contributed by atoms with Gasteiger partial charge in [0, 0.05) is 18.0 Å². The van der Waals surface area contributed by atoms with Crippen LogP contribution in [0.5, 0.6) is 0 Å². The third-order valence-electron chi connectivity index (χ3n) is 6.18. The van der Waals surface area contributed by atoms with Crippen molar-refractivity contribution < 1.29 is 9.53 Å². The largest absolute Gasteiger partial charge is 0.351 e. The van der Waals surface area contributed by atoms with Crippen molar-refractivity contribution in [1.29, 1.82) is 0 Å². The lowest BCUT2D eigenvalue weighted by Crippen LogP contribution is -2.53. The molecular weight excluding hydrogens is 274 g/mol. The van der Waals surface area contributed by atoms with Gasteiger partial charge in [-0.1, -0.05) is 42.0 Å². The van der Waals surface area contributed by atoms with E-state index in [1.165, 1.54) is 11.1 Å². The Bertz CT molecular complexity index is 665. The number of hydrogen-bond donors (Lipinski definition) is 0. The Morgan fingerprint density at radius 1 is 1.18 bits per heavy atom. The minimum absolute atomic E-state index is 0.134. The molecule has 0 spiro atoms. The van der Waals surface area contributed by atoms with Crippen molar-refractivity contribution >= 4 is 5.91 Å². The quantitative estimate of drug-likeness (QED) is 0.746. The van der Waals surface area contributed by atoms with Crippen LogP contribution in [0.3, 0.4) is 0 Å². The van der Waals surface area contributed by atoms with E-state index in [0.717, 1.165) is 26.0 Å². The van der Waals surface area contributed by atoms with E-state index in [2.05, 4.69) is 48.2 Å². The first-order valence-electron chi connectivity index (χ1n) is 8.43. The zero-order valence-corrected chi connectivity index (χ0v) is 12.9. The topological polar surface area (TPSA) is 29.5 Å². The molecule has 4 aliphatic rings. The van der Waals surface area contributed by atoms with E-state index in [4.69, 9.17) is 4.74 Å². The monoisotopic (exact) mass is 295 g/mol. The van der Waals surface area contributed by atoms with Crippen molar-refractivity contribution in [1.82, 2.24) is 4.90 Å².